The summed E-state index contributed by atoms with van der Waals surface area (Å²) in [5.41, 5.74) is 3.47. The number of ether oxygens (including phenoxy) is 1. The summed E-state index contributed by atoms with van der Waals surface area (Å²) in [4.78, 5) is 12.0. The molecule has 2 rings (SSSR count). The summed E-state index contributed by atoms with van der Waals surface area (Å²) in [5.74, 6) is -0.214. The first-order valence-electron chi connectivity index (χ1n) is 6.92. The van der Waals surface area contributed by atoms with Gasteiger partial charge in [0.25, 0.3) is 5.91 Å². The van der Waals surface area contributed by atoms with E-state index in [9.17, 15) is 4.79 Å². The molecular formula is C17H18ClNO3. The smallest absolute Gasteiger partial charge is 0.251 e. The quantitative estimate of drug-likeness (QED) is 0.860. The molecule has 116 valence electrons. The molecule has 22 heavy (non-hydrogen) atoms. The molecule has 0 unspecified atom stereocenters. The highest BCUT2D eigenvalue weighted by Crippen LogP contribution is 2.26. The number of hydrogen-bond acceptors (Lipinski definition) is 3. The summed E-state index contributed by atoms with van der Waals surface area (Å²) in [7, 11) is 1.62. The predicted molar refractivity (Wildman–Crippen MR) is 87.0 cm³/mol. The summed E-state index contributed by atoms with van der Waals surface area (Å²) in [6, 6.07) is 13.0. The van der Waals surface area contributed by atoms with Crippen LogP contribution in [0.3, 0.4) is 0 Å². The van der Waals surface area contributed by atoms with E-state index in [-0.39, 0.29) is 19.1 Å². The highest BCUT2D eigenvalue weighted by atomic mass is 35.5. The van der Waals surface area contributed by atoms with Crippen LogP contribution in [0.25, 0.3) is 11.1 Å². The third-order valence-electron chi connectivity index (χ3n) is 3.22. The number of rotatable bonds is 6. The molecule has 0 heterocycles. The third kappa shape index (κ3) is 4.07. The number of carbonyl (C=O) groups excluding carboxylic acids is 1. The maximum atomic E-state index is 12.0. The Balaban J connectivity index is 2.34. The van der Waals surface area contributed by atoms with Gasteiger partial charge >= 0.3 is 0 Å². The summed E-state index contributed by atoms with van der Waals surface area (Å²) in [6.45, 7) is 0.552. The number of carbonyl (C=O) groups is 1. The van der Waals surface area contributed by atoms with Crippen molar-refractivity contribution in [1.82, 2.24) is 5.32 Å². The molecule has 4 nitrogen and oxygen atoms in total. The largest absolute Gasteiger partial charge is 0.395 e. The Morgan fingerprint density at radius 2 is 1.95 bits per heavy atom. The fraction of sp³-hybridized carbons (Fsp3) is 0.235. The van der Waals surface area contributed by atoms with Crippen LogP contribution in [0.4, 0.5) is 0 Å². The first-order chi connectivity index (χ1) is 10.7. The van der Waals surface area contributed by atoms with Crippen molar-refractivity contribution in [2.45, 2.75) is 6.61 Å². The SMILES string of the molecule is COCc1cc(C(=O)NCCO)ccc1-c1ccc(Cl)cc1. The van der Waals surface area contributed by atoms with E-state index in [4.69, 9.17) is 21.4 Å². The van der Waals surface area contributed by atoms with Gasteiger partial charge in [0.2, 0.25) is 0 Å². The molecule has 0 radical (unpaired) electrons. The summed E-state index contributed by atoms with van der Waals surface area (Å²) in [5, 5.41) is 12.1. The minimum Gasteiger partial charge on any atom is -0.395 e. The summed E-state index contributed by atoms with van der Waals surface area (Å²) >= 11 is 5.92. The van der Waals surface area contributed by atoms with Crippen LogP contribution >= 0.6 is 11.6 Å². The van der Waals surface area contributed by atoms with Crippen LogP contribution in [0.1, 0.15) is 15.9 Å². The third-order valence-corrected chi connectivity index (χ3v) is 3.47. The first-order valence-corrected chi connectivity index (χ1v) is 7.30. The van der Waals surface area contributed by atoms with Gasteiger partial charge in [0.05, 0.1) is 13.2 Å². The number of methoxy groups -OCH3 is 1. The van der Waals surface area contributed by atoms with Crippen LogP contribution in [-0.2, 0) is 11.3 Å². The molecule has 2 aromatic carbocycles. The van der Waals surface area contributed by atoms with Crippen molar-refractivity contribution in [2.75, 3.05) is 20.3 Å². The Hall–Kier alpha value is -1.88. The van der Waals surface area contributed by atoms with Gasteiger partial charge in [-0.05, 0) is 41.0 Å². The lowest BCUT2D eigenvalue weighted by Crippen LogP contribution is -2.26. The van der Waals surface area contributed by atoms with Crippen molar-refractivity contribution < 1.29 is 14.6 Å². The van der Waals surface area contributed by atoms with E-state index in [1.807, 2.05) is 30.3 Å². The van der Waals surface area contributed by atoms with E-state index >= 15 is 0 Å². The highest BCUT2D eigenvalue weighted by Gasteiger charge is 2.11. The minimum atomic E-state index is -0.214. The number of hydrogen-bond donors (Lipinski definition) is 2. The molecule has 0 saturated carbocycles. The fourth-order valence-corrected chi connectivity index (χ4v) is 2.32. The number of benzene rings is 2. The predicted octanol–water partition coefficient (Wildman–Crippen LogP) is 2.88. The van der Waals surface area contributed by atoms with Gasteiger partial charge in [-0.3, -0.25) is 4.79 Å². The van der Waals surface area contributed by atoms with E-state index in [2.05, 4.69) is 5.32 Å². The first kappa shape index (κ1) is 16.5. The number of halogens is 1. The van der Waals surface area contributed by atoms with Gasteiger partial charge in [-0.2, -0.15) is 0 Å². The van der Waals surface area contributed by atoms with E-state index in [1.54, 1.807) is 19.2 Å². The molecule has 0 aliphatic heterocycles. The molecule has 0 aliphatic carbocycles. The zero-order valence-electron chi connectivity index (χ0n) is 12.3. The van der Waals surface area contributed by atoms with Gasteiger partial charge < -0.3 is 15.2 Å². The Labute approximate surface area is 134 Å². The van der Waals surface area contributed by atoms with Crippen LogP contribution in [0.5, 0.6) is 0 Å². The van der Waals surface area contributed by atoms with Crippen molar-refractivity contribution in [3.05, 3.63) is 58.6 Å². The molecule has 0 atom stereocenters. The van der Waals surface area contributed by atoms with E-state index < -0.39 is 0 Å². The molecule has 2 aromatic rings. The van der Waals surface area contributed by atoms with Crippen LogP contribution in [0, 0.1) is 0 Å². The molecule has 0 aromatic heterocycles. The molecule has 2 N–H and O–H groups in total. The zero-order chi connectivity index (χ0) is 15.9. The second kappa shape index (κ2) is 7.94. The van der Waals surface area contributed by atoms with Crippen LogP contribution in [-0.4, -0.2) is 31.3 Å². The lowest BCUT2D eigenvalue weighted by molar-refractivity contribution is 0.0944. The molecule has 0 fully saturated rings. The van der Waals surface area contributed by atoms with Gasteiger partial charge in [0, 0.05) is 24.2 Å². The van der Waals surface area contributed by atoms with Gasteiger partial charge in [-0.1, -0.05) is 29.8 Å². The van der Waals surface area contributed by atoms with Crippen molar-refractivity contribution in [3.8, 4) is 11.1 Å². The van der Waals surface area contributed by atoms with E-state index in [0.29, 0.717) is 17.2 Å². The van der Waals surface area contributed by atoms with Gasteiger partial charge in [-0.15, -0.1) is 0 Å². The van der Waals surface area contributed by atoms with E-state index in [1.165, 1.54) is 0 Å². The highest BCUT2D eigenvalue weighted by molar-refractivity contribution is 6.30. The maximum Gasteiger partial charge on any atom is 0.251 e. The molecule has 0 aliphatic rings. The second-order valence-electron chi connectivity index (χ2n) is 4.79. The average Bonchev–Trinajstić information content (AvgIpc) is 2.54. The average molecular weight is 320 g/mol. The molecule has 0 bridgehead atoms. The fourth-order valence-electron chi connectivity index (χ4n) is 2.19. The van der Waals surface area contributed by atoms with Crippen LogP contribution in [0.2, 0.25) is 5.02 Å². The molecule has 0 spiro atoms. The number of aliphatic hydroxyl groups excluding tert-OH is 1. The van der Waals surface area contributed by atoms with Crippen molar-refractivity contribution in [2.24, 2.45) is 0 Å². The second-order valence-corrected chi connectivity index (χ2v) is 5.23. The van der Waals surface area contributed by atoms with Gasteiger partial charge in [-0.25, -0.2) is 0 Å². The number of nitrogens with one attached hydrogen (secondary N) is 1. The molecule has 1 amide bonds. The van der Waals surface area contributed by atoms with Crippen molar-refractivity contribution >= 4 is 17.5 Å². The maximum absolute atomic E-state index is 12.0. The van der Waals surface area contributed by atoms with Crippen molar-refractivity contribution in [3.63, 3.8) is 0 Å². The summed E-state index contributed by atoms with van der Waals surface area (Å²) in [6.07, 6.45) is 0. The molecule has 0 saturated heterocycles. The minimum absolute atomic E-state index is 0.0838. The number of aliphatic hydroxyl groups is 1. The monoisotopic (exact) mass is 319 g/mol. The normalized spacial score (nSPS) is 10.5. The van der Waals surface area contributed by atoms with E-state index in [0.717, 1.165) is 16.7 Å². The van der Waals surface area contributed by atoms with Gasteiger partial charge in [0.1, 0.15) is 0 Å². The molecule has 5 heteroatoms. The van der Waals surface area contributed by atoms with Crippen molar-refractivity contribution in [1.29, 1.82) is 0 Å². The molecular weight excluding hydrogens is 302 g/mol. The Bertz CT molecular complexity index is 641. The van der Waals surface area contributed by atoms with Gasteiger partial charge in [0.15, 0.2) is 0 Å². The van der Waals surface area contributed by atoms with Crippen LogP contribution < -0.4 is 5.32 Å². The zero-order valence-corrected chi connectivity index (χ0v) is 13.1. The lowest BCUT2D eigenvalue weighted by atomic mass is 9.97. The van der Waals surface area contributed by atoms with Crippen LogP contribution in [0.15, 0.2) is 42.5 Å². The Kier molecular flexibility index (Phi) is 5.95. The Morgan fingerprint density at radius 1 is 1.23 bits per heavy atom. The standard InChI is InChI=1S/C17H18ClNO3/c1-22-11-14-10-13(17(21)19-8-9-20)4-7-16(14)12-2-5-15(18)6-3-12/h2-7,10,20H,8-9,11H2,1H3,(H,19,21). The topological polar surface area (TPSA) is 58.6 Å². The lowest BCUT2D eigenvalue weighted by Gasteiger charge is -2.12. The summed E-state index contributed by atoms with van der Waals surface area (Å²) < 4.78 is 5.23. The number of amides is 1. The Morgan fingerprint density at radius 3 is 2.59 bits per heavy atom.